The van der Waals surface area contributed by atoms with E-state index in [2.05, 4.69) is 11.1 Å². The van der Waals surface area contributed by atoms with Crippen LogP contribution in [0.15, 0.2) is 67.0 Å². The molecule has 1 radical (unpaired) electrons. The summed E-state index contributed by atoms with van der Waals surface area (Å²) in [5, 5.41) is 0. The van der Waals surface area contributed by atoms with Gasteiger partial charge in [0.15, 0.2) is 0 Å². The molecule has 0 saturated heterocycles. The van der Waals surface area contributed by atoms with Gasteiger partial charge >= 0.3 is 6.18 Å². The second kappa shape index (κ2) is 5.98. The lowest BCUT2D eigenvalue weighted by atomic mass is 10.1. The zero-order chi connectivity index (χ0) is 18.3. The Hall–Kier alpha value is -3.15. The molecule has 0 unspecified atom stereocenters. The average molecular weight is 355 g/mol. The second-order valence-corrected chi connectivity index (χ2v) is 5.83. The van der Waals surface area contributed by atoms with Crippen LogP contribution < -0.4 is 0 Å². The second-order valence-electron chi connectivity index (χ2n) is 5.83. The summed E-state index contributed by atoms with van der Waals surface area (Å²) in [7, 11) is 0. The molecule has 0 aliphatic heterocycles. The lowest BCUT2D eigenvalue weighted by Crippen LogP contribution is -2.05. The van der Waals surface area contributed by atoms with Crippen molar-refractivity contribution in [2.45, 2.75) is 6.18 Å². The Morgan fingerprint density at radius 2 is 1.77 bits per heavy atom. The van der Waals surface area contributed by atoms with E-state index in [1.54, 1.807) is 22.7 Å². The van der Waals surface area contributed by atoms with E-state index in [4.69, 9.17) is 0 Å². The average Bonchev–Trinajstić information content (AvgIpc) is 3.04. The highest BCUT2D eigenvalue weighted by Gasteiger charge is 2.31. The van der Waals surface area contributed by atoms with Crippen molar-refractivity contribution in [1.29, 1.82) is 0 Å². The van der Waals surface area contributed by atoms with Gasteiger partial charge in [0.25, 0.3) is 0 Å². The van der Waals surface area contributed by atoms with Crippen LogP contribution in [0.25, 0.3) is 28.0 Å². The number of hydrogen-bond donors (Lipinski definition) is 0. The van der Waals surface area contributed by atoms with Crippen molar-refractivity contribution in [3.05, 3.63) is 84.4 Å². The first kappa shape index (κ1) is 16.3. The van der Waals surface area contributed by atoms with Gasteiger partial charge in [0.2, 0.25) is 0 Å². The van der Waals surface area contributed by atoms with Crippen molar-refractivity contribution in [2.75, 3.05) is 0 Å². The van der Waals surface area contributed by atoms with E-state index in [0.29, 0.717) is 11.7 Å². The summed E-state index contributed by atoms with van der Waals surface area (Å²) in [6, 6.07) is 16.5. The van der Waals surface area contributed by atoms with Crippen molar-refractivity contribution >= 4 is 5.65 Å². The number of benzene rings is 2. The molecule has 6 heteroatoms. The summed E-state index contributed by atoms with van der Waals surface area (Å²) in [5.74, 6) is -0.951. The molecule has 2 heterocycles. The number of nitrogens with zero attached hydrogens (tertiary/aromatic N) is 2. The van der Waals surface area contributed by atoms with Crippen molar-refractivity contribution in [2.24, 2.45) is 0 Å². The first-order valence-electron chi connectivity index (χ1n) is 7.73. The maximum atomic E-state index is 13.6. The summed E-state index contributed by atoms with van der Waals surface area (Å²) in [4.78, 5) is 4.30. The van der Waals surface area contributed by atoms with Crippen LogP contribution in [0.3, 0.4) is 0 Å². The lowest BCUT2D eigenvalue weighted by molar-refractivity contribution is -0.137. The summed E-state index contributed by atoms with van der Waals surface area (Å²) < 4.78 is 54.1. The van der Waals surface area contributed by atoms with Gasteiger partial charge in [-0.2, -0.15) is 13.2 Å². The van der Waals surface area contributed by atoms with E-state index in [1.165, 1.54) is 0 Å². The highest BCUT2D eigenvalue weighted by Crippen LogP contribution is 2.33. The lowest BCUT2D eigenvalue weighted by Gasteiger charge is -2.08. The van der Waals surface area contributed by atoms with Crippen molar-refractivity contribution in [3.8, 4) is 22.4 Å². The van der Waals surface area contributed by atoms with Gasteiger partial charge in [0, 0.05) is 18.0 Å². The number of pyridine rings is 1. The largest absolute Gasteiger partial charge is 0.416 e. The van der Waals surface area contributed by atoms with Gasteiger partial charge in [-0.15, -0.1) is 0 Å². The molecular weight excluding hydrogens is 344 g/mol. The molecule has 0 atom stereocenters. The first-order chi connectivity index (χ1) is 12.4. The van der Waals surface area contributed by atoms with Gasteiger partial charge in [-0.25, -0.2) is 9.37 Å². The van der Waals surface area contributed by atoms with Gasteiger partial charge < -0.3 is 4.40 Å². The molecule has 2 aromatic carbocycles. The number of aromatic nitrogens is 2. The molecule has 0 spiro atoms. The molecule has 2 aromatic heterocycles. The van der Waals surface area contributed by atoms with Gasteiger partial charge in [0.1, 0.15) is 11.5 Å². The molecule has 0 N–H and O–H groups in total. The fourth-order valence-electron chi connectivity index (χ4n) is 2.78. The van der Waals surface area contributed by atoms with E-state index in [-0.39, 0.29) is 11.3 Å². The first-order valence-corrected chi connectivity index (χ1v) is 7.73. The fourth-order valence-corrected chi connectivity index (χ4v) is 2.78. The molecule has 0 bridgehead atoms. The zero-order valence-electron chi connectivity index (χ0n) is 13.3. The highest BCUT2D eigenvalue weighted by atomic mass is 19.4. The van der Waals surface area contributed by atoms with Crippen LogP contribution in [0, 0.1) is 11.9 Å². The van der Waals surface area contributed by atoms with Crippen LogP contribution in [0.2, 0.25) is 0 Å². The van der Waals surface area contributed by atoms with Gasteiger partial charge in [-0.05, 0) is 53.6 Å². The molecule has 0 aliphatic carbocycles. The van der Waals surface area contributed by atoms with Crippen LogP contribution in [-0.2, 0) is 6.18 Å². The minimum atomic E-state index is -4.62. The summed E-state index contributed by atoms with van der Waals surface area (Å²) in [6.07, 6.45) is -1.22. The molecule has 0 fully saturated rings. The van der Waals surface area contributed by atoms with E-state index in [0.717, 1.165) is 23.3 Å². The van der Waals surface area contributed by atoms with E-state index in [9.17, 15) is 17.6 Å². The molecule has 4 rings (SSSR count). The number of fused-ring (bicyclic) bond motifs is 1. The van der Waals surface area contributed by atoms with E-state index < -0.39 is 17.6 Å². The molecule has 4 aromatic rings. The Morgan fingerprint density at radius 1 is 0.923 bits per heavy atom. The minimum absolute atomic E-state index is 0.0793. The molecule has 0 saturated carbocycles. The van der Waals surface area contributed by atoms with Crippen LogP contribution >= 0.6 is 0 Å². The number of imidazole rings is 1. The summed E-state index contributed by atoms with van der Waals surface area (Å²) in [6.45, 7) is 0. The Labute approximate surface area is 146 Å². The Bertz CT molecular complexity index is 1080. The Morgan fingerprint density at radius 3 is 2.50 bits per heavy atom. The SMILES string of the molecule is Fc1cc(-c2cn3cc(-c4c[c]ccc4)ccc3n2)cc(C(F)(F)F)c1. The maximum absolute atomic E-state index is 13.6. The third-order valence-corrected chi connectivity index (χ3v) is 4.01. The van der Waals surface area contributed by atoms with Gasteiger partial charge in [-0.1, -0.05) is 18.2 Å². The standard InChI is InChI=1S/C20H11F4N2/c21-17-9-15(8-16(10-17)20(22,23)24)18-12-26-11-14(6-7-19(26)25-18)13-4-2-1-3-5-13/h1-2,4-12H. The van der Waals surface area contributed by atoms with Crippen LogP contribution in [-0.4, -0.2) is 9.38 Å². The summed E-state index contributed by atoms with van der Waals surface area (Å²) >= 11 is 0. The predicted octanol–water partition coefficient (Wildman–Crippen LogP) is 5.63. The molecular formula is C20H11F4N2. The smallest absolute Gasteiger partial charge is 0.306 e. The Balaban J connectivity index is 1.80. The monoisotopic (exact) mass is 355 g/mol. The zero-order valence-corrected chi connectivity index (χ0v) is 13.3. The normalized spacial score (nSPS) is 11.8. The minimum Gasteiger partial charge on any atom is -0.306 e. The number of rotatable bonds is 2. The predicted molar refractivity (Wildman–Crippen MR) is 89.9 cm³/mol. The fraction of sp³-hybridized carbons (Fsp3) is 0.0500. The topological polar surface area (TPSA) is 17.3 Å². The maximum Gasteiger partial charge on any atom is 0.416 e. The third kappa shape index (κ3) is 3.06. The van der Waals surface area contributed by atoms with E-state index >= 15 is 0 Å². The van der Waals surface area contributed by atoms with Crippen LogP contribution in [0.1, 0.15) is 5.56 Å². The highest BCUT2D eigenvalue weighted by molar-refractivity contribution is 5.68. The van der Waals surface area contributed by atoms with E-state index in [1.807, 2.05) is 30.5 Å². The molecule has 129 valence electrons. The van der Waals surface area contributed by atoms with Crippen molar-refractivity contribution < 1.29 is 17.6 Å². The Kier molecular flexibility index (Phi) is 3.76. The molecule has 26 heavy (non-hydrogen) atoms. The number of alkyl halides is 3. The molecule has 0 amide bonds. The van der Waals surface area contributed by atoms with Crippen molar-refractivity contribution in [3.63, 3.8) is 0 Å². The molecule has 2 nitrogen and oxygen atoms in total. The van der Waals surface area contributed by atoms with Crippen LogP contribution in [0.5, 0.6) is 0 Å². The van der Waals surface area contributed by atoms with Gasteiger partial charge in [0.05, 0.1) is 11.3 Å². The quantitative estimate of drug-likeness (QED) is 0.426. The summed E-state index contributed by atoms with van der Waals surface area (Å²) in [5.41, 5.74) is 1.73. The number of halogens is 4. The number of hydrogen-bond acceptors (Lipinski definition) is 1. The molecule has 0 aliphatic rings. The van der Waals surface area contributed by atoms with Crippen LogP contribution in [0.4, 0.5) is 17.6 Å². The van der Waals surface area contributed by atoms with Crippen molar-refractivity contribution in [1.82, 2.24) is 9.38 Å². The third-order valence-electron chi connectivity index (χ3n) is 4.01. The van der Waals surface area contributed by atoms with Gasteiger partial charge in [-0.3, -0.25) is 0 Å².